The number of carbonyl (C=O) groups excluding carboxylic acids is 2. The van der Waals surface area contributed by atoms with E-state index in [1.807, 2.05) is 0 Å². The van der Waals surface area contributed by atoms with Crippen LogP contribution < -0.4 is 10.7 Å². The van der Waals surface area contributed by atoms with Crippen molar-refractivity contribution < 1.29 is 31.9 Å². The van der Waals surface area contributed by atoms with Gasteiger partial charge in [-0.25, -0.2) is 4.79 Å². The van der Waals surface area contributed by atoms with Gasteiger partial charge in [0.15, 0.2) is 5.43 Å². The predicted molar refractivity (Wildman–Crippen MR) is 87.8 cm³/mol. The number of anilines is 1. The average molecular weight is 369 g/mol. The Labute approximate surface area is 145 Å². The van der Waals surface area contributed by atoms with Gasteiger partial charge in [-0.05, 0) is 26.0 Å². The summed E-state index contributed by atoms with van der Waals surface area (Å²) >= 11 is 0. The van der Waals surface area contributed by atoms with Crippen molar-refractivity contribution in [3.63, 3.8) is 0 Å². The molecule has 0 radical (unpaired) electrons. The monoisotopic (exact) mass is 369 g/mol. The molecule has 0 bridgehead atoms. The Morgan fingerprint density at radius 2 is 2.00 bits per heavy atom. The Hall–Kier alpha value is -3.10. The van der Waals surface area contributed by atoms with Crippen LogP contribution in [0.5, 0.6) is 0 Å². The second-order valence-corrected chi connectivity index (χ2v) is 5.05. The molecule has 1 heterocycles. The number of hydrogen-bond donors (Lipinski definition) is 1. The highest BCUT2D eigenvalue weighted by atomic mass is 19.4. The molecule has 0 fully saturated rings. The largest absolute Gasteiger partial charge is 0.471 e. The van der Waals surface area contributed by atoms with Gasteiger partial charge in [-0.1, -0.05) is 12.2 Å². The standard InChI is InChI=1S/C17H14F3NO5/c1-3-5-9-11(21-16(24)17(18,19)20)7-6-10-12(22)8-13(26-14(9)10)15(23)25-4-2/h3,5-8H,4H2,1-2H3,(H,21,24)/b5-3-. The zero-order valence-electron chi connectivity index (χ0n) is 13.8. The summed E-state index contributed by atoms with van der Waals surface area (Å²) in [5, 5.41) is 1.77. The number of fused-ring (bicyclic) bond motifs is 1. The highest BCUT2D eigenvalue weighted by molar-refractivity contribution is 6.01. The van der Waals surface area contributed by atoms with Crippen LogP contribution in [0.25, 0.3) is 17.0 Å². The molecule has 0 aliphatic heterocycles. The summed E-state index contributed by atoms with van der Waals surface area (Å²) in [5.74, 6) is -3.46. The van der Waals surface area contributed by atoms with E-state index in [1.54, 1.807) is 19.2 Å². The first-order valence-corrected chi connectivity index (χ1v) is 7.47. The number of esters is 1. The molecule has 1 N–H and O–H groups in total. The molecule has 138 valence electrons. The molecule has 2 aromatic rings. The zero-order chi connectivity index (χ0) is 19.5. The number of halogens is 3. The third kappa shape index (κ3) is 3.93. The van der Waals surface area contributed by atoms with E-state index in [0.717, 1.165) is 12.1 Å². The number of benzene rings is 1. The van der Waals surface area contributed by atoms with Crippen molar-refractivity contribution in [2.75, 3.05) is 11.9 Å². The summed E-state index contributed by atoms with van der Waals surface area (Å²) in [4.78, 5) is 35.2. The summed E-state index contributed by atoms with van der Waals surface area (Å²) in [6.45, 7) is 3.19. The van der Waals surface area contributed by atoms with Crippen LogP contribution in [-0.4, -0.2) is 24.7 Å². The molecule has 1 aromatic heterocycles. The summed E-state index contributed by atoms with van der Waals surface area (Å²) in [6, 6.07) is 3.30. The molecule has 6 nitrogen and oxygen atoms in total. The molecule has 0 saturated heterocycles. The van der Waals surface area contributed by atoms with Crippen molar-refractivity contribution in [1.29, 1.82) is 0 Å². The number of alkyl halides is 3. The highest BCUT2D eigenvalue weighted by Gasteiger charge is 2.39. The van der Waals surface area contributed by atoms with Crippen molar-refractivity contribution in [3.8, 4) is 0 Å². The van der Waals surface area contributed by atoms with Gasteiger partial charge in [0, 0.05) is 11.6 Å². The van der Waals surface area contributed by atoms with Gasteiger partial charge >= 0.3 is 18.1 Å². The van der Waals surface area contributed by atoms with Gasteiger partial charge in [0.2, 0.25) is 5.76 Å². The molecule has 2 rings (SSSR count). The summed E-state index contributed by atoms with van der Waals surface area (Å²) in [7, 11) is 0. The fourth-order valence-corrected chi connectivity index (χ4v) is 2.18. The molecule has 0 aliphatic carbocycles. The minimum atomic E-state index is -5.09. The molecule has 0 saturated carbocycles. The topological polar surface area (TPSA) is 85.6 Å². The number of allylic oxidation sites excluding steroid dienone is 1. The molecule has 1 aromatic carbocycles. The average Bonchev–Trinajstić information content (AvgIpc) is 2.56. The fourth-order valence-electron chi connectivity index (χ4n) is 2.18. The Morgan fingerprint density at radius 3 is 2.58 bits per heavy atom. The SMILES string of the molecule is C/C=C\c1c(NC(=O)C(F)(F)F)ccc2c(=O)cc(C(=O)OCC)oc12. The van der Waals surface area contributed by atoms with E-state index >= 15 is 0 Å². The Kier molecular flexibility index (Phi) is 5.49. The highest BCUT2D eigenvalue weighted by Crippen LogP contribution is 2.29. The maximum absolute atomic E-state index is 12.5. The van der Waals surface area contributed by atoms with Crippen LogP contribution in [0.3, 0.4) is 0 Å². The quantitative estimate of drug-likeness (QED) is 0.834. The molecule has 1 amide bonds. The van der Waals surface area contributed by atoms with Gasteiger partial charge in [0.1, 0.15) is 5.58 Å². The van der Waals surface area contributed by atoms with E-state index in [-0.39, 0.29) is 28.8 Å². The Balaban J connectivity index is 2.69. The Bertz CT molecular complexity index is 944. The van der Waals surface area contributed by atoms with Crippen molar-refractivity contribution in [3.05, 3.63) is 45.8 Å². The van der Waals surface area contributed by atoms with Crippen LogP contribution in [0.1, 0.15) is 30.0 Å². The van der Waals surface area contributed by atoms with E-state index in [1.165, 1.54) is 18.2 Å². The lowest BCUT2D eigenvalue weighted by Crippen LogP contribution is -2.30. The van der Waals surface area contributed by atoms with Gasteiger partial charge in [-0.3, -0.25) is 9.59 Å². The number of hydrogen-bond acceptors (Lipinski definition) is 5. The summed E-state index contributed by atoms with van der Waals surface area (Å²) in [6.07, 6.45) is -2.25. The van der Waals surface area contributed by atoms with Crippen LogP contribution in [0.4, 0.5) is 18.9 Å². The second-order valence-electron chi connectivity index (χ2n) is 5.05. The summed E-state index contributed by atoms with van der Waals surface area (Å²) < 4.78 is 47.7. The Morgan fingerprint density at radius 1 is 1.31 bits per heavy atom. The number of ether oxygens (including phenoxy) is 1. The first-order chi connectivity index (χ1) is 12.2. The lowest BCUT2D eigenvalue weighted by atomic mass is 10.1. The first kappa shape index (κ1) is 19.2. The number of amides is 1. The minimum Gasteiger partial charge on any atom is -0.460 e. The lowest BCUT2D eigenvalue weighted by Gasteiger charge is -2.12. The van der Waals surface area contributed by atoms with E-state index < -0.39 is 29.2 Å². The van der Waals surface area contributed by atoms with Crippen LogP contribution in [0, 0.1) is 0 Å². The molecule has 0 atom stereocenters. The molecular formula is C17H14F3NO5. The van der Waals surface area contributed by atoms with Crippen LogP contribution in [0.15, 0.2) is 33.5 Å². The van der Waals surface area contributed by atoms with Gasteiger partial charge in [0.25, 0.3) is 0 Å². The van der Waals surface area contributed by atoms with E-state index in [0.29, 0.717) is 0 Å². The second kappa shape index (κ2) is 7.42. The van der Waals surface area contributed by atoms with E-state index in [9.17, 15) is 27.6 Å². The van der Waals surface area contributed by atoms with Gasteiger partial charge < -0.3 is 14.5 Å². The van der Waals surface area contributed by atoms with E-state index in [4.69, 9.17) is 9.15 Å². The number of carbonyl (C=O) groups is 2. The molecular weight excluding hydrogens is 355 g/mol. The number of nitrogens with one attached hydrogen (secondary N) is 1. The number of rotatable bonds is 4. The lowest BCUT2D eigenvalue weighted by molar-refractivity contribution is -0.167. The van der Waals surface area contributed by atoms with Crippen molar-refractivity contribution in [2.45, 2.75) is 20.0 Å². The van der Waals surface area contributed by atoms with Crippen LogP contribution in [0.2, 0.25) is 0 Å². The van der Waals surface area contributed by atoms with Crippen molar-refractivity contribution in [1.82, 2.24) is 0 Å². The molecule has 26 heavy (non-hydrogen) atoms. The third-order valence-corrected chi connectivity index (χ3v) is 3.25. The molecule has 0 aliphatic rings. The first-order valence-electron chi connectivity index (χ1n) is 7.47. The molecule has 0 spiro atoms. The molecule has 0 unspecified atom stereocenters. The van der Waals surface area contributed by atoms with Gasteiger partial charge in [-0.15, -0.1) is 0 Å². The maximum Gasteiger partial charge on any atom is 0.471 e. The molecule has 9 heteroatoms. The predicted octanol–water partition coefficient (Wildman–Crippen LogP) is 3.50. The normalized spacial score (nSPS) is 11.7. The third-order valence-electron chi connectivity index (χ3n) is 3.25. The van der Waals surface area contributed by atoms with Crippen molar-refractivity contribution in [2.24, 2.45) is 0 Å². The van der Waals surface area contributed by atoms with E-state index in [2.05, 4.69) is 0 Å². The smallest absolute Gasteiger partial charge is 0.460 e. The van der Waals surface area contributed by atoms with Gasteiger partial charge in [-0.2, -0.15) is 13.2 Å². The zero-order valence-corrected chi connectivity index (χ0v) is 13.8. The minimum absolute atomic E-state index is 0.0193. The van der Waals surface area contributed by atoms with Crippen LogP contribution in [-0.2, 0) is 9.53 Å². The maximum atomic E-state index is 12.5. The fraction of sp³-hybridized carbons (Fsp3) is 0.235. The van der Waals surface area contributed by atoms with Crippen LogP contribution >= 0.6 is 0 Å². The summed E-state index contributed by atoms with van der Waals surface area (Å²) in [5.41, 5.74) is -0.916. The van der Waals surface area contributed by atoms with Crippen molar-refractivity contribution >= 4 is 34.6 Å². The van der Waals surface area contributed by atoms with Gasteiger partial charge in [0.05, 0.1) is 17.7 Å².